The fraction of sp³-hybridized carbons (Fsp3) is 0.214. The van der Waals surface area contributed by atoms with Gasteiger partial charge in [0.25, 0.3) is 5.91 Å². The monoisotopic (exact) mass is 270 g/mol. The number of nitrogens with zero attached hydrogens (tertiary/aromatic N) is 2. The van der Waals surface area contributed by atoms with E-state index in [1.807, 2.05) is 12.1 Å². The van der Waals surface area contributed by atoms with Gasteiger partial charge in [0, 0.05) is 12.6 Å². The molecule has 6 nitrogen and oxygen atoms in total. The zero-order valence-electron chi connectivity index (χ0n) is 10.7. The molecule has 1 aliphatic rings. The van der Waals surface area contributed by atoms with E-state index in [4.69, 9.17) is 10.5 Å². The smallest absolute Gasteiger partial charge is 0.270 e. The predicted octanol–water partition coefficient (Wildman–Crippen LogP) is 1.31. The molecule has 3 N–H and O–H groups in total. The Labute approximate surface area is 116 Å². The van der Waals surface area contributed by atoms with Gasteiger partial charge in [0.1, 0.15) is 17.1 Å². The number of pyridine rings is 2. The lowest BCUT2D eigenvalue weighted by atomic mass is 10.1. The molecule has 0 radical (unpaired) electrons. The average Bonchev–Trinajstić information content (AvgIpc) is 2.48. The molecule has 0 bridgehead atoms. The second kappa shape index (κ2) is 5.16. The third-order valence-electron chi connectivity index (χ3n) is 3.12. The highest BCUT2D eigenvalue weighted by atomic mass is 16.5. The Morgan fingerprint density at radius 3 is 3.05 bits per heavy atom. The number of carbonyl (C=O) groups is 1. The van der Waals surface area contributed by atoms with Crippen LogP contribution in [0.5, 0.6) is 5.75 Å². The van der Waals surface area contributed by atoms with E-state index in [0.717, 1.165) is 5.69 Å². The van der Waals surface area contributed by atoms with Crippen LogP contribution in [-0.2, 0) is 0 Å². The van der Waals surface area contributed by atoms with Crippen molar-refractivity contribution < 1.29 is 9.53 Å². The van der Waals surface area contributed by atoms with Crippen molar-refractivity contribution >= 4 is 11.6 Å². The number of rotatable bonds is 2. The number of nitrogens with two attached hydrogens (primary N) is 1. The molecule has 6 heteroatoms. The highest BCUT2D eigenvalue weighted by Crippen LogP contribution is 2.29. The number of hydrogen-bond donors (Lipinski definition) is 2. The minimum Gasteiger partial charge on any atom is -0.491 e. The van der Waals surface area contributed by atoms with Crippen molar-refractivity contribution in [2.45, 2.75) is 12.5 Å². The molecule has 1 aliphatic heterocycles. The maximum absolute atomic E-state index is 12.2. The Hall–Kier alpha value is -2.63. The number of anilines is 1. The molecular weight excluding hydrogens is 256 g/mol. The third-order valence-corrected chi connectivity index (χ3v) is 3.12. The average molecular weight is 270 g/mol. The van der Waals surface area contributed by atoms with Crippen molar-refractivity contribution in [3.05, 3.63) is 48.0 Å². The molecular formula is C14H14N4O2. The second-order valence-electron chi connectivity index (χ2n) is 4.53. The van der Waals surface area contributed by atoms with Crippen LogP contribution in [0.25, 0.3) is 0 Å². The summed E-state index contributed by atoms with van der Waals surface area (Å²) in [6.45, 7) is 0.554. The molecule has 0 spiro atoms. The summed E-state index contributed by atoms with van der Waals surface area (Å²) in [7, 11) is 0. The molecule has 102 valence electrons. The number of fused-ring (bicyclic) bond motifs is 1. The fourth-order valence-corrected chi connectivity index (χ4v) is 2.12. The molecule has 0 saturated carbocycles. The molecule has 0 fully saturated rings. The van der Waals surface area contributed by atoms with Crippen LogP contribution in [0.15, 0.2) is 36.7 Å². The highest BCUT2D eigenvalue weighted by molar-refractivity contribution is 5.92. The minimum atomic E-state index is -0.242. The number of ether oxygens (including phenoxy) is 1. The first-order valence-electron chi connectivity index (χ1n) is 6.34. The molecule has 0 saturated heterocycles. The molecule has 1 atom stereocenters. The maximum Gasteiger partial charge on any atom is 0.270 e. The van der Waals surface area contributed by atoms with Crippen molar-refractivity contribution in [2.24, 2.45) is 0 Å². The van der Waals surface area contributed by atoms with Crippen LogP contribution in [0.2, 0.25) is 0 Å². The third kappa shape index (κ3) is 2.40. The first kappa shape index (κ1) is 12.4. The van der Waals surface area contributed by atoms with E-state index in [9.17, 15) is 4.79 Å². The van der Waals surface area contributed by atoms with Crippen LogP contribution in [0.3, 0.4) is 0 Å². The second-order valence-corrected chi connectivity index (χ2v) is 4.53. The van der Waals surface area contributed by atoms with E-state index < -0.39 is 0 Å². The van der Waals surface area contributed by atoms with Gasteiger partial charge in [-0.25, -0.2) is 4.98 Å². The van der Waals surface area contributed by atoms with E-state index >= 15 is 0 Å². The molecule has 0 aliphatic carbocycles. The van der Waals surface area contributed by atoms with Gasteiger partial charge in [-0.05, 0) is 24.3 Å². The summed E-state index contributed by atoms with van der Waals surface area (Å²) in [5, 5.41) is 2.93. The molecule has 2 aromatic heterocycles. The molecule has 3 rings (SSSR count). The van der Waals surface area contributed by atoms with Crippen LogP contribution >= 0.6 is 0 Å². The van der Waals surface area contributed by atoms with E-state index in [1.165, 1.54) is 6.20 Å². The van der Waals surface area contributed by atoms with Gasteiger partial charge in [-0.1, -0.05) is 0 Å². The highest BCUT2D eigenvalue weighted by Gasteiger charge is 2.24. The number of amides is 1. The van der Waals surface area contributed by atoms with Gasteiger partial charge in [-0.3, -0.25) is 9.78 Å². The van der Waals surface area contributed by atoms with Crippen LogP contribution in [0.4, 0.5) is 5.69 Å². The fourth-order valence-electron chi connectivity index (χ4n) is 2.12. The summed E-state index contributed by atoms with van der Waals surface area (Å²) in [5.74, 6) is 0.475. The van der Waals surface area contributed by atoms with Crippen molar-refractivity contribution in [1.29, 1.82) is 0 Å². The lowest BCUT2D eigenvalue weighted by molar-refractivity contribution is 0.0918. The standard InChI is InChI=1S/C14H14N4O2/c15-9-3-4-11(17-8-9)14(19)18-10-5-7-20-12-2-1-6-16-13(10)12/h1-4,6,8,10H,5,7,15H2,(H,18,19)/t10-/m1/s1. The summed E-state index contributed by atoms with van der Waals surface area (Å²) >= 11 is 0. The lowest BCUT2D eigenvalue weighted by Gasteiger charge is -2.25. The zero-order chi connectivity index (χ0) is 13.9. The Kier molecular flexibility index (Phi) is 3.20. The van der Waals surface area contributed by atoms with Crippen LogP contribution in [0, 0.1) is 0 Å². The van der Waals surface area contributed by atoms with Crippen molar-refractivity contribution in [1.82, 2.24) is 15.3 Å². The Bertz CT molecular complexity index is 627. The zero-order valence-corrected chi connectivity index (χ0v) is 10.7. The number of carbonyl (C=O) groups excluding carboxylic acids is 1. The molecule has 3 heterocycles. The van der Waals surface area contributed by atoms with E-state index in [0.29, 0.717) is 30.2 Å². The van der Waals surface area contributed by atoms with Gasteiger partial charge in [0.05, 0.1) is 24.5 Å². The summed E-state index contributed by atoms with van der Waals surface area (Å²) in [6.07, 6.45) is 3.84. The normalized spacial score (nSPS) is 16.9. The van der Waals surface area contributed by atoms with Gasteiger partial charge in [0.2, 0.25) is 0 Å². The number of hydrogen-bond acceptors (Lipinski definition) is 5. The quantitative estimate of drug-likeness (QED) is 0.858. The van der Waals surface area contributed by atoms with E-state index in [1.54, 1.807) is 18.3 Å². The topological polar surface area (TPSA) is 90.1 Å². The SMILES string of the molecule is Nc1ccc(C(=O)N[C@@H]2CCOc3cccnc32)nc1. The van der Waals surface area contributed by atoms with Gasteiger partial charge in [-0.2, -0.15) is 0 Å². The number of nitrogens with one attached hydrogen (secondary N) is 1. The van der Waals surface area contributed by atoms with Gasteiger partial charge < -0.3 is 15.8 Å². The van der Waals surface area contributed by atoms with E-state index in [2.05, 4.69) is 15.3 Å². The molecule has 1 amide bonds. The van der Waals surface area contributed by atoms with Crippen molar-refractivity contribution in [3.8, 4) is 5.75 Å². The Morgan fingerprint density at radius 2 is 2.25 bits per heavy atom. The summed E-state index contributed by atoms with van der Waals surface area (Å²) in [5.41, 5.74) is 7.17. The minimum absolute atomic E-state index is 0.160. The molecule has 0 aromatic carbocycles. The number of aromatic nitrogens is 2. The first-order chi connectivity index (χ1) is 9.74. The molecule has 2 aromatic rings. The van der Waals surface area contributed by atoms with Crippen LogP contribution in [-0.4, -0.2) is 22.5 Å². The number of nitrogen functional groups attached to an aromatic ring is 1. The Morgan fingerprint density at radius 1 is 1.35 bits per heavy atom. The predicted molar refractivity (Wildman–Crippen MR) is 73.2 cm³/mol. The summed E-state index contributed by atoms with van der Waals surface area (Å²) in [6, 6.07) is 6.75. The van der Waals surface area contributed by atoms with Crippen molar-refractivity contribution in [3.63, 3.8) is 0 Å². The summed E-state index contributed by atoms with van der Waals surface area (Å²) < 4.78 is 5.51. The van der Waals surface area contributed by atoms with Gasteiger partial charge in [0.15, 0.2) is 0 Å². The largest absolute Gasteiger partial charge is 0.491 e. The summed E-state index contributed by atoms with van der Waals surface area (Å²) in [4.78, 5) is 20.4. The maximum atomic E-state index is 12.2. The lowest BCUT2D eigenvalue weighted by Crippen LogP contribution is -2.33. The first-order valence-corrected chi connectivity index (χ1v) is 6.34. The van der Waals surface area contributed by atoms with E-state index in [-0.39, 0.29) is 11.9 Å². The van der Waals surface area contributed by atoms with Crippen molar-refractivity contribution in [2.75, 3.05) is 12.3 Å². The van der Waals surface area contributed by atoms with Crippen LogP contribution < -0.4 is 15.8 Å². The van der Waals surface area contributed by atoms with Crippen LogP contribution in [0.1, 0.15) is 28.6 Å². The Balaban J connectivity index is 1.79. The molecule has 20 heavy (non-hydrogen) atoms. The molecule has 0 unspecified atom stereocenters. The van der Waals surface area contributed by atoms with Gasteiger partial charge >= 0.3 is 0 Å². The van der Waals surface area contributed by atoms with Gasteiger partial charge in [-0.15, -0.1) is 0 Å².